The van der Waals surface area contributed by atoms with E-state index in [4.69, 9.17) is 0 Å². The molecule has 0 aliphatic heterocycles. The predicted octanol–water partition coefficient (Wildman–Crippen LogP) is 4.29. The molecule has 1 rings (SSSR count). The summed E-state index contributed by atoms with van der Waals surface area (Å²) in [6, 6.07) is 0.420. The molecule has 140 valence electrons. The third kappa shape index (κ3) is 4.96. The zero-order valence-corrected chi connectivity index (χ0v) is 11.4. The summed E-state index contributed by atoms with van der Waals surface area (Å²) in [6.07, 6.45) is -17.4. The van der Waals surface area contributed by atoms with Gasteiger partial charge < -0.3 is 5.32 Å². The molecule has 14 heteroatoms. The Morgan fingerprint density at radius 2 is 1.48 bits per heavy atom. The Bertz CT molecular complexity index is 665. The molecule has 1 N–H and O–H groups in total. The van der Waals surface area contributed by atoms with Crippen molar-refractivity contribution in [1.29, 1.82) is 0 Å². The molecule has 25 heavy (non-hydrogen) atoms. The van der Waals surface area contributed by atoms with Crippen LogP contribution in [-0.2, 0) is 11.0 Å². The molecule has 0 bridgehead atoms. The Morgan fingerprint density at radius 3 is 1.84 bits per heavy atom. The van der Waals surface area contributed by atoms with Crippen molar-refractivity contribution in [3.05, 3.63) is 33.9 Å². The van der Waals surface area contributed by atoms with Gasteiger partial charge in [0.05, 0.1) is 4.92 Å². The van der Waals surface area contributed by atoms with Crippen molar-refractivity contribution >= 4 is 17.3 Å². The molecule has 0 unspecified atom stereocenters. The van der Waals surface area contributed by atoms with E-state index >= 15 is 0 Å². The van der Waals surface area contributed by atoms with Gasteiger partial charge in [-0.05, 0) is 12.1 Å². The highest BCUT2D eigenvalue weighted by atomic mass is 19.4. The molecule has 0 aliphatic carbocycles. The SMILES string of the molecule is O=C(Nc1ccc([N+](=O)[O-])c(C(F)(F)F)c1)C(C(F)(F)F)C(F)(F)F. The number of anilines is 1. The number of benzene rings is 1. The second kappa shape index (κ2) is 6.40. The first-order valence-corrected chi connectivity index (χ1v) is 5.85. The first kappa shape index (κ1) is 20.5. The van der Waals surface area contributed by atoms with Crippen molar-refractivity contribution in [3.63, 3.8) is 0 Å². The number of carbonyl (C=O) groups is 1. The molecule has 0 saturated carbocycles. The van der Waals surface area contributed by atoms with Gasteiger partial charge in [0, 0.05) is 11.8 Å². The van der Waals surface area contributed by atoms with Crippen LogP contribution < -0.4 is 5.32 Å². The molecule has 0 aromatic heterocycles. The Kier molecular flexibility index (Phi) is 5.25. The number of nitro benzene ring substituents is 1. The van der Waals surface area contributed by atoms with Gasteiger partial charge >= 0.3 is 18.5 Å². The number of rotatable bonds is 3. The van der Waals surface area contributed by atoms with Gasteiger partial charge in [0.15, 0.2) is 0 Å². The van der Waals surface area contributed by atoms with Gasteiger partial charge in [-0.1, -0.05) is 0 Å². The quantitative estimate of drug-likeness (QED) is 0.480. The first-order valence-electron chi connectivity index (χ1n) is 5.85. The number of hydrogen-bond acceptors (Lipinski definition) is 3. The number of hydrogen-bond donors (Lipinski definition) is 1. The van der Waals surface area contributed by atoms with Crippen LogP contribution in [0.3, 0.4) is 0 Å². The average Bonchev–Trinajstić information content (AvgIpc) is 2.33. The van der Waals surface area contributed by atoms with Crippen molar-refractivity contribution in [2.45, 2.75) is 18.5 Å². The molecule has 1 aromatic rings. The van der Waals surface area contributed by atoms with E-state index < -0.39 is 52.2 Å². The van der Waals surface area contributed by atoms with Crippen molar-refractivity contribution in [2.75, 3.05) is 5.32 Å². The third-order valence-electron chi connectivity index (χ3n) is 2.68. The first-order chi connectivity index (χ1) is 11.0. The van der Waals surface area contributed by atoms with Crippen molar-refractivity contribution in [3.8, 4) is 0 Å². The number of nitro groups is 1. The van der Waals surface area contributed by atoms with Crippen LogP contribution in [0.25, 0.3) is 0 Å². The number of carbonyl (C=O) groups excluding carboxylic acids is 1. The second-order valence-electron chi connectivity index (χ2n) is 4.49. The fourth-order valence-corrected chi connectivity index (χ4v) is 1.70. The molecule has 0 fully saturated rings. The number of amides is 1. The highest BCUT2D eigenvalue weighted by Crippen LogP contribution is 2.41. The Labute approximate surface area is 131 Å². The van der Waals surface area contributed by atoms with Crippen LogP contribution in [0.15, 0.2) is 18.2 Å². The van der Waals surface area contributed by atoms with Gasteiger partial charge in [-0.2, -0.15) is 39.5 Å². The normalized spacial score (nSPS) is 13.0. The average molecular weight is 384 g/mol. The highest BCUT2D eigenvalue weighted by Gasteiger charge is 2.61. The van der Waals surface area contributed by atoms with E-state index in [0.717, 1.165) is 5.32 Å². The maximum absolute atomic E-state index is 12.7. The largest absolute Gasteiger partial charge is 0.423 e. The maximum atomic E-state index is 12.7. The predicted molar refractivity (Wildman–Crippen MR) is 62.3 cm³/mol. The molecule has 0 atom stereocenters. The van der Waals surface area contributed by atoms with E-state index in [1.165, 1.54) is 0 Å². The lowest BCUT2D eigenvalue weighted by Gasteiger charge is -2.22. The van der Waals surface area contributed by atoms with Gasteiger partial charge in [-0.3, -0.25) is 14.9 Å². The van der Waals surface area contributed by atoms with Gasteiger partial charge in [0.1, 0.15) is 5.56 Å². The van der Waals surface area contributed by atoms with Crippen LogP contribution in [-0.4, -0.2) is 23.2 Å². The molecular weight excluding hydrogens is 379 g/mol. The smallest absolute Gasteiger partial charge is 0.325 e. The summed E-state index contributed by atoms with van der Waals surface area (Å²) in [6.45, 7) is 0. The van der Waals surface area contributed by atoms with Crippen molar-refractivity contribution in [2.24, 2.45) is 5.92 Å². The molecule has 0 saturated heterocycles. The minimum absolute atomic E-state index is 0.139. The minimum atomic E-state index is -6.05. The summed E-state index contributed by atoms with van der Waals surface area (Å²) in [5.41, 5.74) is -4.57. The zero-order chi connectivity index (χ0) is 19.8. The summed E-state index contributed by atoms with van der Waals surface area (Å²) < 4.78 is 112. The van der Waals surface area contributed by atoms with Crippen molar-refractivity contribution in [1.82, 2.24) is 0 Å². The van der Waals surface area contributed by atoms with Crippen LogP contribution in [0.2, 0.25) is 0 Å². The monoisotopic (exact) mass is 384 g/mol. The number of alkyl halides is 9. The van der Waals surface area contributed by atoms with E-state index in [1.54, 1.807) is 0 Å². The van der Waals surface area contributed by atoms with E-state index in [9.17, 15) is 54.4 Å². The number of halogens is 9. The molecule has 1 amide bonds. The van der Waals surface area contributed by atoms with Gasteiger partial charge in [0.25, 0.3) is 5.69 Å². The Morgan fingerprint density at radius 1 is 1.00 bits per heavy atom. The van der Waals surface area contributed by atoms with Crippen molar-refractivity contribution < 1.29 is 49.2 Å². The highest BCUT2D eigenvalue weighted by molar-refractivity contribution is 5.93. The lowest BCUT2D eigenvalue weighted by molar-refractivity contribution is -0.388. The topological polar surface area (TPSA) is 72.2 Å². The fourth-order valence-electron chi connectivity index (χ4n) is 1.70. The summed E-state index contributed by atoms with van der Waals surface area (Å²) in [5, 5.41) is 11.5. The van der Waals surface area contributed by atoms with Crippen LogP contribution in [0.5, 0.6) is 0 Å². The van der Waals surface area contributed by atoms with Gasteiger partial charge in [-0.25, -0.2) is 0 Å². The van der Waals surface area contributed by atoms with Crippen LogP contribution >= 0.6 is 0 Å². The molecule has 0 heterocycles. The fraction of sp³-hybridized carbons (Fsp3) is 0.364. The summed E-state index contributed by atoms with van der Waals surface area (Å²) >= 11 is 0. The van der Waals surface area contributed by atoms with E-state index in [2.05, 4.69) is 0 Å². The number of nitrogens with one attached hydrogen (secondary N) is 1. The van der Waals surface area contributed by atoms with Gasteiger partial charge in [-0.15, -0.1) is 0 Å². The molecule has 1 aromatic carbocycles. The molecule has 0 spiro atoms. The summed E-state index contributed by atoms with van der Waals surface area (Å²) in [5.74, 6) is -7.16. The van der Waals surface area contributed by atoms with Crippen LogP contribution in [0.1, 0.15) is 5.56 Å². The summed E-state index contributed by atoms with van der Waals surface area (Å²) in [7, 11) is 0. The molecule has 0 radical (unpaired) electrons. The maximum Gasteiger partial charge on any atom is 0.423 e. The Hall–Kier alpha value is -2.54. The van der Waals surface area contributed by atoms with E-state index in [0.29, 0.717) is 6.07 Å². The van der Waals surface area contributed by atoms with E-state index in [-0.39, 0.29) is 12.1 Å². The minimum Gasteiger partial charge on any atom is -0.325 e. The second-order valence-corrected chi connectivity index (χ2v) is 4.49. The van der Waals surface area contributed by atoms with Crippen LogP contribution in [0.4, 0.5) is 50.9 Å². The number of nitrogens with zero attached hydrogens (tertiary/aromatic N) is 1. The lowest BCUT2D eigenvalue weighted by atomic mass is 10.1. The lowest BCUT2D eigenvalue weighted by Crippen LogP contribution is -2.45. The summed E-state index contributed by atoms with van der Waals surface area (Å²) in [4.78, 5) is 20.3. The molecular formula is C11H5F9N2O3. The molecule has 5 nitrogen and oxygen atoms in total. The van der Waals surface area contributed by atoms with Crippen LogP contribution in [0, 0.1) is 16.0 Å². The Balaban J connectivity index is 3.27. The standard InChI is InChI=1S/C11H5F9N2O3/c12-9(13,14)5-3-4(1-2-6(5)22(24)25)21-8(23)7(10(15,16)17)11(18,19)20/h1-3,7H,(H,21,23). The zero-order valence-electron chi connectivity index (χ0n) is 11.4. The third-order valence-corrected chi connectivity index (χ3v) is 2.68. The van der Waals surface area contributed by atoms with Gasteiger partial charge in [0.2, 0.25) is 11.8 Å². The molecule has 0 aliphatic rings. The van der Waals surface area contributed by atoms with E-state index in [1.807, 2.05) is 0 Å².